The molecule has 0 spiro atoms. The first kappa shape index (κ1) is 12.9. The maximum absolute atomic E-state index is 10.4. The van der Waals surface area contributed by atoms with E-state index >= 15 is 0 Å². The Labute approximate surface area is 91.0 Å². The van der Waals surface area contributed by atoms with Crippen LogP contribution < -0.4 is 0 Å². The lowest BCUT2D eigenvalue weighted by Crippen LogP contribution is -2.51. The number of quaternary nitrogens is 1. The zero-order valence-electron chi connectivity index (χ0n) is 9.05. The van der Waals surface area contributed by atoms with E-state index in [9.17, 15) is 18.1 Å². The highest BCUT2D eigenvalue weighted by Crippen LogP contribution is 2.17. The molecule has 90 valence electrons. The molecule has 0 bridgehead atoms. The fourth-order valence-corrected chi connectivity index (χ4v) is 2.51. The van der Waals surface area contributed by atoms with Crippen LogP contribution in [0.4, 0.5) is 0 Å². The molecule has 1 saturated heterocycles. The van der Waals surface area contributed by atoms with Crippen LogP contribution in [0.25, 0.3) is 0 Å². The summed E-state index contributed by atoms with van der Waals surface area (Å²) in [7, 11) is -2.03. The number of aliphatic hydroxyl groups excluding tert-OH is 1. The minimum Gasteiger partial charge on any atom is -0.748 e. The molecule has 0 unspecified atom stereocenters. The second-order valence-electron chi connectivity index (χ2n) is 4.64. The Bertz CT molecular complexity index is 293. The molecule has 5 nitrogen and oxygen atoms in total. The van der Waals surface area contributed by atoms with Crippen molar-refractivity contribution >= 4 is 10.1 Å². The average Bonchev–Trinajstić information content (AvgIpc) is 2.09. The van der Waals surface area contributed by atoms with Crippen LogP contribution >= 0.6 is 0 Å². The summed E-state index contributed by atoms with van der Waals surface area (Å²) in [6.07, 6.45) is 1.74. The third-order valence-electron chi connectivity index (χ3n) is 3.10. The summed E-state index contributed by atoms with van der Waals surface area (Å²) < 4.78 is 32.1. The molecule has 0 aromatic rings. The molecule has 1 rings (SSSR count). The third-order valence-corrected chi connectivity index (χ3v) is 3.89. The molecule has 1 aliphatic rings. The Hall–Kier alpha value is -0.170. The van der Waals surface area contributed by atoms with Gasteiger partial charge in [0.15, 0.2) is 0 Å². The molecule has 0 aliphatic carbocycles. The van der Waals surface area contributed by atoms with Gasteiger partial charge < -0.3 is 14.1 Å². The SMILES string of the molecule is C[N+]1(CCCS(=O)(=O)[O-])CCC(O)CC1. The molecule has 1 fully saturated rings. The van der Waals surface area contributed by atoms with Crippen molar-refractivity contribution in [1.82, 2.24) is 0 Å². The fourth-order valence-electron chi connectivity index (χ4n) is 2.02. The first-order valence-corrected chi connectivity index (χ1v) is 6.84. The van der Waals surface area contributed by atoms with Gasteiger partial charge in [0, 0.05) is 25.0 Å². The summed E-state index contributed by atoms with van der Waals surface area (Å²) in [5.74, 6) is -0.274. The van der Waals surface area contributed by atoms with Crippen LogP contribution in [0.1, 0.15) is 19.3 Å². The van der Waals surface area contributed by atoms with Gasteiger partial charge in [-0.05, 0) is 0 Å². The number of piperidine rings is 1. The third kappa shape index (κ3) is 4.92. The van der Waals surface area contributed by atoms with E-state index in [1.54, 1.807) is 0 Å². The number of hydrogen-bond acceptors (Lipinski definition) is 4. The van der Waals surface area contributed by atoms with Gasteiger partial charge in [-0.1, -0.05) is 0 Å². The van der Waals surface area contributed by atoms with Gasteiger partial charge in [0.1, 0.15) is 0 Å². The van der Waals surface area contributed by atoms with Crippen LogP contribution in [0.15, 0.2) is 0 Å². The topological polar surface area (TPSA) is 77.4 Å². The number of rotatable bonds is 4. The van der Waals surface area contributed by atoms with Crippen molar-refractivity contribution in [3.05, 3.63) is 0 Å². The summed E-state index contributed by atoms with van der Waals surface area (Å²) in [6.45, 7) is 2.42. The summed E-state index contributed by atoms with van der Waals surface area (Å²) >= 11 is 0. The van der Waals surface area contributed by atoms with E-state index in [4.69, 9.17) is 0 Å². The first-order chi connectivity index (χ1) is 6.81. The lowest BCUT2D eigenvalue weighted by Gasteiger charge is -2.39. The van der Waals surface area contributed by atoms with E-state index in [-0.39, 0.29) is 11.9 Å². The summed E-state index contributed by atoms with van der Waals surface area (Å²) in [4.78, 5) is 0. The Morgan fingerprint density at radius 2 is 1.93 bits per heavy atom. The zero-order valence-corrected chi connectivity index (χ0v) is 9.87. The molecular weight excluding hydrogens is 218 g/mol. The summed E-state index contributed by atoms with van der Waals surface area (Å²) in [5.41, 5.74) is 0. The molecule has 1 aliphatic heterocycles. The highest BCUT2D eigenvalue weighted by atomic mass is 32.2. The first-order valence-electron chi connectivity index (χ1n) is 5.26. The Morgan fingerprint density at radius 3 is 2.40 bits per heavy atom. The van der Waals surface area contributed by atoms with E-state index < -0.39 is 10.1 Å². The predicted octanol–water partition coefficient (Wildman–Crippen LogP) is -0.477. The molecular formula is C9H19NO4S. The monoisotopic (exact) mass is 237 g/mol. The Morgan fingerprint density at radius 1 is 1.40 bits per heavy atom. The van der Waals surface area contributed by atoms with Crippen molar-refractivity contribution in [1.29, 1.82) is 0 Å². The van der Waals surface area contributed by atoms with Crippen LogP contribution in [0.3, 0.4) is 0 Å². The normalized spacial score (nSPS) is 32.9. The molecule has 0 aromatic carbocycles. The van der Waals surface area contributed by atoms with Gasteiger partial charge in [-0.2, -0.15) is 0 Å². The quantitative estimate of drug-likeness (QED) is 0.529. The molecule has 0 atom stereocenters. The standard InChI is InChI=1S/C9H19NO4S/c1-10(5-2-8-15(12,13)14)6-3-9(11)4-7-10/h9,11H,2-8H2,1H3. The van der Waals surface area contributed by atoms with Crippen molar-refractivity contribution in [2.24, 2.45) is 0 Å². The van der Waals surface area contributed by atoms with Gasteiger partial charge in [-0.25, -0.2) is 8.42 Å². The van der Waals surface area contributed by atoms with Crippen molar-refractivity contribution in [3.8, 4) is 0 Å². The molecule has 1 heterocycles. The number of aliphatic hydroxyl groups is 1. The number of likely N-dealkylation sites (tertiary alicyclic amines) is 1. The van der Waals surface area contributed by atoms with E-state index in [1.807, 2.05) is 7.05 Å². The number of hydrogen-bond donors (Lipinski definition) is 1. The van der Waals surface area contributed by atoms with Gasteiger partial charge >= 0.3 is 0 Å². The molecule has 1 N–H and O–H groups in total. The van der Waals surface area contributed by atoms with Crippen LogP contribution in [-0.2, 0) is 10.1 Å². The maximum atomic E-state index is 10.4. The molecule has 0 amide bonds. The minimum atomic E-state index is -4.07. The fraction of sp³-hybridized carbons (Fsp3) is 1.00. The minimum absolute atomic E-state index is 0.209. The second kappa shape index (κ2) is 4.78. The van der Waals surface area contributed by atoms with Gasteiger partial charge in [0.2, 0.25) is 0 Å². The van der Waals surface area contributed by atoms with E-state index in [0.717, 1.165) is 30.4 Å². The van der Waals surface area contributed by atoms with Crippen LogP contribution in [0.2, 0.25) is 0 Å². The predicted molar refractivity (Wildman–Crippen MR) is 55.2 cm³/mol. The van der Waals surface area contributed by atoms with Crippen molar-refractivity contribution in [3.63, 3.8) is 0 Å². The van der Waals surface area contributed by atoms with Crippen molar-refractivity contribution in [2.45, 2.75) is 25.4 Å². The molecule has 0 saturated carbocycles. The summed E-state index contributed by atoms with van der Waals surface area (Å²) in [5, 5.41) is 9.34. The van der Waals surface area contributed by atoms with Crippen molar-refractivity contribution < 1.29 is 22.6 Å². The Kier molecular flexibility index (Phi) is 4.11. The van der Waals surface area contributed by atoms with Crippen molar-refractivity contribution in [2.75, 3.05) is 32.4 Å². The maximum Gasteiger partial charge on any atom is 0.0948 e. The average molecular weight is 237 g/mol. The highest BCUT2D eigenvalue weighted by Gasteiger charge is 2.28. The van der Waals surface area contributed by atoms with Crippen LogP contribution in [0.5, 0.6) is 0 Å². The number of nitrogens with zero attached hydrogens (tertiary/aromatic N) is 1. The van der Waals surface area contributed by atoms with Gasteiger partial charge in [0.05, 0.1) is 42.9 Å². The highest BCUT2D eigenvalue weighted by molar-refractivity contribution is 7.85. The van der Waals surface area contributed by atoms with E-state index in [1.165, 1.54) is 0 Å². The van der Waals surface area contributed by atoms with E-state index in [0.29, 0.717) is 13.0 Å². The van der Waals surface area contributed by atoms with Crippen LogP contribution in [0, 0.1) is 0 Å². The Balaban J connectivity index is 2.31. The van der Waals surface area contributed by atoms with Gasteiger partial charge in [-0.15, -0.1) is 0 Å². The lowest BCUT2D eigenvalue weighted by atomic mass is 10.1. The largest absolute Gasteiger partial charge is 0.748 e. The smallest absolute Gasteiger partial charge is 0.0948 e. The van der Waals surface area contributed by atoms with Gasteiger partial charge in [-0.3, -0.25) is 0 Å². The molecule has 6 heteroatoms. The molecule has 0 aromatic heterocycles. The zero-order chi connectivity index (χ0) is 11.5. The molecule has 15 heavy (non-hydrogen) atoms. The lowest BCUT2D eigenvalue weighted by molar-refractivity contribution is -0.915. The summed E-state index contributed by atoms with van der Waals surface area (Å²) in [6, 6.07) is 0. The second-order valence-corrected chi connectivity index (χ2v) is 6.16. The van der Waals surface area contributed by atoms with Crippen LogP contribution in [-0.4, -0.2) is 61.1 Å². The molecule has 0 radical (unpaired) electrons. The van der Waals surface area contributed by atoms with E-state index in [2.05, 4.69) is 0 Å². The van der Waals surface area contributed by atoms with Gasteiger partial charge in [0.25, 0.3) is 0 Å².